The fourth-order valence-electron chi connectivity index (χ4n) is 2.99. The second-order valence-electron chi connectivity index (χ2n) is 5.56. The van der Waals surface area contributed by atoms with E-state index in [0.29, 0.717) is 0 Å². The quantitative estimate of drug-likeness (QED) is 0.757. The van der Waals surface area contributed by atoms with Gasteiger partial charge in [0.05, 0.1) is 11.4 Å². The summed E-state index contributed by atoms with van der Waals surface area (Å²) in [6.07, 6.45) is 0.999. The Bertz CT molecular complexity index is 834. The van der Waals surface area contributed by atoms with Crippen molar-refractivity contribution in [1.29, 1.82) is 0 Å². The number of hydrogen-bond donors (Lipinski definition) is 1. The van der Waals surface area contributed by atoms with Crippen LogP contribution in [0.15, 0.2) is 48.5 Å². The maximum absolute atomic E-state index is 6.00. The minimum atomic E-state index is 0.747. The van der Waals surface area contributed by atoms with Crippen molar-refractivity contribution >= 4 is 17.4 Å². The maximum atomic E-state index is 6.00. The Morgan fingerprint density at radius 1 is 1.09 bits per heavy atom. The molecule has 0 radical (unpaired) electrons. The molecule has 1 N–H and O–H groups in total. The second kappa shape index (κ2) is 5.18. The number of para-hydroxylation sites is 1. The molecule has 0 spiro atoms. The second-order valence-corrected chi connectivity index (χ2v) is 5.99. The molecule has 1 aromatic heterocycles. The standard InChI is InChI=1S/C18H16ClN3/c1-12-4-2-3-5-16(12)22-18-15(10-11-20-18)17(21-22)13-6-8-14(19)9-7-13/h2-9,20H,10-11H2,1H3. The third-order valence-electron chi connectivity index (χ3n) is 4.11. The molecule has 0 unspecified atom stereocenters. The van der Waals surface area contributed by atoms with E-state index in [1.807, 2.05) is 35.0 Å². The fourth-order valence-corrected chi connectivity index (χ4v) is 3.12. The van der Waals surface area contributed by atoms with Gasteiger partial charge < -0.3 is 5.32 Å². The molecule has 1 aliphatic heterocycles. The number of nitrogens with zero attached hydrogens (tertiary/aromatic N) is 2. The van der Waals surface area contributed by atoms with Crippen LogP contribution in [-0.4, -0.2) is 16.3 Å². The predicted molar refractivity (Wildman–Crippen MR) is 90.9 cm³/mol. The van der Waals surface area contributed by atoms with Crippen molar-refractivity contribution in [1.82, 2.24) is 9.78 Å². The van der Waals surface area contributed by atoms with Crippen molar-refractivity contribution in [2.24, 2.45) is 0 Å². The first kappa shape index (κ1) is 13.4. The molecule has 0 saturated heterocycles. The Morgan fingerprint density at radius 2 is 1.86 bits per heavy atom. The summed E-state index contributed by atoms with van der Waals surface area (Å²) in [6, 6.07) is 16.2. The zero-order valence-electron chi connectivity index (χ0n) is 12.3. The molecule has 2 heterocycles. The molecule has 1 aliphatic rings. The predicted octanol–water partition coefficient (Wildman–Crippen LogP) is 4.47. The first-order chi connectivity index (χ1) is 10.7. The summed E-state index contributed by atoms with van der Waals surface area (Å²) in [6.45, 7) is 3.07. The van der Waals surface area contributed by atoms with Crippen LogP contribution in [0.1, 0.15) is 11.1 Å². The van der Waals surface area contributed by atoms with E-state index < -0.39 is 0 Å². The Morgan fingerprint density at radius 3 is 2.64 bits per heavy atom. The van der Waals surface area contributed by atoms with Crippen LogP contribution in [0.25, 0.3) is 16.9 Å². The molecule has 0 amide bonds. The van der Waals surface area contributed by atoms with Crippen LogP contribution in [0.4, 0.5) is 5.82 Å². The molecule has 3 nitrogen and oxygen atoms in total. The lowest BCUT2D eigenvalue weighted by molar-refractivity contribution is 0.875. The molecule has 3 aromatic rings. The lowest BCUT2D eigenvalue weighted by atomic mass is 10.1. The Kier molecular flexibility index (Phi) is 3.16. The summed E-state index contributed by atoms with van der Waals surface area (Å²) in [5, 5.41) is 9.09. The highest BCUT2D eigenvalue weighted by atomic mass is 35.5. The SMILES string of the molecule is Cc1ccccc1-n1nc(-c2ccc(Cl)cc2)c2c1NCC2. The fraction of sp³-hybridized carbons (Fsp3) is 0.167. The van der Waals surface area contributed by atoms with Crippen molar-refractivity contribution in [2.75, 3.05) is 11.9 Å². The highest BCUT2D eigenvalue weighted by Gasteiger charge is 2.24. The minimum absolute atomic E-state index is 0.747. The number of anilines is 1. The van der Waals surface area contributed by atoms with Gasteiger partial charge in [0, 0.05) is 22.7 Å². The van der Waals surface area contributed by atoms with Gasteiger partial charge in [-0.3, -0.25) is 0 Å². The van der Waals surface area contributed by atoms with E-state index >= 15 is 0 Å². The monoisotopic (exact) mass is 309 g/mol. The number of hydrogen-bond acceptors (Lipinski definition) is 2. The van der Waals surface area contributed by atoms with Gasteiger partial charge in [-0.25, -0.2) is 4.68 Å². The van der Waals surface area contributed by atoms with Crippen LogP contribution in [-0.2, 0) is 6.42 Å². The molecule has 0 atom stereocenters. The molecule has 4 heteroatoms. The van der Waals surface area contributed by atoms with Crippen LogP contribution < -0.4 is 5.32 Å². The molecule has 0 aliphatic carbocycles. The van der Waals surface area contributed by atoms with Gasteiger partial charge in [-0.1, -0.05) is 41.9 Å². The summed E-state index contributed by atoms with van der Waals surface area (Å²) in [4.78, 5) is 0. The van der Waals surface area contributed by atoms with E-state index in [4.69, 9.17) is 16.7 Å². The molecule has 0 bridgehead atoms. The van der Waals surface area contributed by atoms with E-state index in [2.05, 4.69) is 30.4 Å². The Hall–Kier alpha value is -2.26. The van der Waals surface area contributed by atoms with E-state index in [0.717, 1.165) is 40.8 Å². The normalized spacial score (nSPS) is 13.0. The molecule has 0 fully saturated rings. The Labute approximate surface area is 134 Å². The summed E-state index contributed by atoms with van der Waals surface area (Å²) >= 11 is 6.00. The van der Waals surface area contributed by atoms with Crippen molar-refractivity contribution in [3.63, 3.8) is 0 Å². The number of benzene rings is 2. The average molecular weight is 310 g/mol. The number of nitrogens with one attached hydrogen (secondary N) is 1. The smallest absolute Gasteiger partial charge is 0.133 e. The lowest BCUT2D eigenvalue weighted by Gasteiger charge is -2.09. The van der Waals surface area contributed by atoms with Crippen LogP contribution in [0, 0.1) is 6.92 Å². The van der Waals surface area contributed by atoms with Gasteiger partial charge in [-0.2, -0.15) is 5.10 Å². The van der Waals surface area contributed by atoms with Crippen molar-refractivity contribution in [2.45, 2.75) is 13.3 Å². The topological polar surface area (TPSA) is 29.9 Å². The number of aromatic nitrogens is 2. The van der Waals surface area contributed by atoms with Crippen LogP contribution in [0.2, 0.25) is 5.02 Å². The molecule has 2 aromatic carbocycles. The van der Waals surface area contributed by atoms with Gasteiger partial charge >= 0.3 is 0 Å². The summed E-state index contributed by atoms with van der Waals surface area (Å²) in [5.41, 5.74) is 5.76. The van der Waals surface area contributed by atoms with Crippen molar-refractivity contribution in [3.8, 4) is 16.9 Å². The van der Waals surface area contributed by atoms with Gasteiger partial charge in [0.25, 0.3) is 0 Å². The van der Waals surface area contributed by atoms with E-state index in [1.165, 1.54) is 11.1 Å². The average Bonchev–Trinajstić information content (AvgIpc) is 3.11. The maximum Gasteiger partial charge on any atom is 0.133 e. The first-order valence-corrected chi connectivity index (χ1v) is 7.79. The summed E-state index contributed by atoms with van der Waals surface area (Å²) < 4.78 is 2.03. The zero-order valence-corrected chi connectivity index (χ0v) is 13.1. The molecular formula is C18H16ClN3. The number of fused-ring (bicyclic) bond motifs is 1. The first-order valence-electron chi connectivity index (χ1n) is 7.42. The number of halogens is 1. The van der Waals surface area contributed by atoms with Crippen molar-refractivity contribution < 1.29 is 0 Å². The molecule has 0 saturated carbocycles. The van der Waals surface area contributed by atoms with Gasteiger partial charge in [0.15, 0.2) is 0 Å². The Balaban J connectivity index is 1.90. The molecule has 22 heavy (non-hydrogen) atoms. The van der Waals surface area contributed by atoms with Gasteiger partial charge in [-0.15, -0.1) is 0 Å². The van der Waals surface area contributed by atoms with Gasteiger partial charge in [-0.05, 0) is 37.1 Å². The summed E-state index contributed by atoms with van der Waals surface area (Å²) in [7, 11) is 0. The number of aryl methyl sites for hydroxylation is 1. The van der Waals surface area contributed by atoms with Gasteiger partial charge in [0.1, 0.15) is 5.82 Å². The van der Waals surface area contributed by atoms with Crippen LogP contribution in [0.3, 0.4) is 0 Å². The van der Waals surface area contributed by atoms with E-state index in [-0.39, 0.29) is 0 Å². The van der Waals surface area contributed by atoms with Crippen LogP contribution >= 0.6 is 11.6 Å². The molecular weight excluding hydrogens is 294 g/mol. The third-order valence-corrected chi connectivity index (χ3v) is 4.36. The third kappa shape index (κ3) is 2.09. The lowest BCUT2D eigenvalue weighted by Crippen LogP contribution is -2.05. The highest BCUT2D eigenvalue weighted by Crippen LogP contribution is 2.35. The zero-order chi connectivity index (χ0) is 15.1. The van der Waals surface area contributed by atoms with Crippen LogP contribution in [0.5, 0.6) is 0 Å². The summed E-state index contributed by atoms with van der Waals surface area (Å²) in [5.74, 6) is 1.11. The highest BCUT2D eigenvalue weighted by molar-refractivity contribution is 6.30. The van der Waals surface area contributed by atoms with E-state index in [9.17, 15) is 0 Å². The van der Waals surface area contributed by atoms with E-state index in [1.54, 1.807) is 0 Å². The number of rotatable bonds is 2. The largest absolute Gasteiger partial charge is 0.369 e. The van der Waals surface area contributed by atoms with Crippen molar-refractivity contribution in [3.05, 3.63) is 64.7 Å². The molecule has 4 rings (SSSR count). The minimum Gasteiger partial charge on any atom is -0.369 e. The van der Waals surface area contributed by atoms with Gasteiger partial charge in [0.2, 0.25) is 0 Å². The molecule has 110 valence electrons.